The molecule has 0 aromatic carbocycles. The number of carbonyl (C=O) groups is 1. The first kappa shape index (κ1) is 21.7. The minimum atomic E-state index is 0.0935. The molecule has 0 aliphatic carbocycles. The summed E-state index contributed by atoms with van der Waals surface area (Å²) >= 11 is 0. The summed E-state index contributed by atoms with van der Waals surface area (Å²) in [5.41, 5.74) is 0. The molecule has 4 heteroatoms. The summed E-state index contributed by atoms with van der Waals surface area (Å²) in [7, 11) is 6.17. The van der Waals surface area contributed by atoms with E-state index < -0.39 is 0 Å². The average Bonchev–Trinajstić information content (AvgIpc) is 2.44. The van der Waals surface area contributed by atoms with Crippen LogP contribution in [0.5, 0.6) is 0 Å². The van der Waals surface area contributed by atoms with Crippen molar-refractivity contribution < 1.29 is 4.79 Å². The van der Waals surface area contributed by atoms with Crippen LogP contribution in [0.3, 0.4) is 0 Å². The molecule has 0 fully saturated rings. The number of nitrogens with zero attached hydrogens (tertiary/aromatic N) is 3. The zero-order chi connectivity index (χ0) is 16.1. The van der Waals surface area contributed by atoms with Crippen molar-refractivity contribution in [2.75, 3.05) is 53.9 Å². The minimum absolute atomic E-state index is 0.0935. The Hall–Kier alpha value is -0.610. The lowest BCUT2D eigenvalue weighted by atomic mass is 10.2. The zero-order valence-corrected chi connectivity index (χ0v) is 15.1. The van der Waals surface area contributed by atoms with Crippen molar-refractivity contribution in [3.63, 3.8) is 0 Å². The normalized spacial score (nSPS) is 10.8. The third-order valence-electron chi connectivity index (χ3n) is 3.16. The SMILES string of the molecule is CC.CCCN(C)CCN(C)CCN(C)C(=O)C(C)C. The van der Waals surface area contributed by atoms with E-state index in [2.05, 4.69) is 30.8 Å². The number of amides is 1. The highest BCUT2D eigenvalue weighted by Gasteiger charge is 2.13. The lowest BCUT2D eigenvalue weighted by molar-refractivity contribution is -0.133. The van der Waals surface area contributed by atoms with Crippen LogP contribution in [-0.2, 0) is 4.79 Å². The fraction of sp³-hybridized carbons (Fsp3) is 0.938. The number of hydrogen-bond acceptors (Lipinski definition) is 3. The molecule has 0 atom stereocenters. The van der Waals surface area contributed by atoms with Gasteiger partial charge in [0, 0.05) is 39.1 Å². The van der Waals surface area contributed by atoms with Gasteiger partial charge in [-0.3, -0.25) is 4.79 Å². The van der Waals surface area contributed by atoms with Crippen molar-refractivity contribution in [1.29, 1.82) is 0 Å². The van der Waals surface area contributed by atoms with Crippen molar-refractivity contribution in [2.45, 2.75) is 41.0 Å². The third-order valence-corrected chi connectivity index (χ3v) is 3.16. The Balaban J connectivity index is 0. The molecule has 122 valence electrons. The van der Waals surface area contributed by atoms with Gasteiger partial charge < -0.3 is 14.7 Å². The Morgan fingerprint density at radius 1 is 0.850 bits per heavy atom. The quantitative estimate of drug-likeness (QED) is 0.651. The maximum Gasteiger partial charge on any atom is 0.224 e. The Labute approximate surface area is 127 Å². The van der Waals surface area contributed by atoms with Crippen LogP contribution in [0.15, 0.2) is 0 Å². The van der Waals surface area contributed by atoms with E-state index in [0.717, 1.165) is 32.7 Å². The van der Waals surface area contributed by atoms with Crippen molar-refractivity contribution in [1.82, 2.24) is 14.7 Å². The molecular formula is C16H37N3O. The molecule has 0 saturated carbocycles. The second kappa shape index (κ2) is 13.4. The van der Waals surface area contributed by atoms with Crippen molar-refractivity contribution in [3.05, 3.63) is 0 Å². The van der Waals surface area contributed by atoms with Gasteiger partial charge in [0.15, 0.2) is 0 Å². The van der Waals surface area contributed by atoms with E-state index >= 15 is 0 Å². The predicted octanol–water partition coefficient (Wildman–Crippen LogP) is 2.40. The van der Waals surface area contributed by atoms with Crippen molar-refractivity contribution >= 4 is 5.91 Å². The molecule has 0 aromatic rings. The van der Waals surface area contributed by atoms with Crippen LogP contribution in [-0.4, -0.2) is 74.5 Å². The maximum atomic E-state index is 11.7. The molecular weight excluding hydrogens is 250 g/mol. The highest BCUT2D eigenvalue weighted by molar-refractivity contribution is 5.77. The molecule has 20 heavy (non-hydrogen) atoms. The van der Waals surface area contributed by atoms with Crippen LogP contribution in [0.25, 0.3) is 0 Å². The Kier molecular flexibility index (Phi) is 14.5. The molecule has 0 unspecified atom stereocenters. The van der Waals surface area contributed by atoms with Crippen LogP contribution in [0.4, 0.5) is 0 Å². The van der Waals surface area contributed by atoms with Crippen LogP contribution in [0.2, 0.25) is 0 Å². The van der Waals surface area contributed by atoms with E-state index in [9.17, 15) is 4.79 Å². The van der Waals surface area contributed by atoms with Gasteiger partial charge in [0.25, 0.3) is 0 Å². The molecule has 0 heterocycles. The first-order valence-electron chi connectivity index (χ1n) is 8.00. The van der Waals surface area contributed by atoms with Gasteiger partial charge in [0.05, 0.1) is 0 Å². The molecule has 0 rings (SSSR count). The fourth-order valence-electron chi connectivity index (χ4n) is 1.82. The topological polar surface area (TPSA) is 26.8 Å². The largest absolute Gasteiger partial charge is 0.344 e. The molecule has 0 radical (unpaired) electrons. The Morgan fingerprint density at radius 3 is 1.65 bits per heavy atom. The van der Waals surface area contributed by atoms with Gasteiger partial charge in [-0.1, -0.05) is 34.6 Å². The highest BCUT2D eigenvalue weighted by Crippen LogP contribution is 1.99. The molecule has 0 bridgehead atoms. The molecule has 0 saturated heterocycles. The molecule has 0 aliphatic heterocycles. The molecule has 0 aliphatic rings. The minimum Gasteiger partial charge on any atom is -0.344 e. The maximum absolute atomic E-state index is 11.7. The molecule has 0 N–H and O–H groups in total. The lowest BCUT2D eigenvalue weighted by Gasteiger charge is -2.25. The van der Waals surface area contributed by atoms with Gasteiger partial charge in [-0.15, -0.1) is 0 Å². The molecule has 0 spiro atoms. The summed E-state index contributed by atoms with van der Waals surface area (Å²) in [6, 6.07) is 0. The van der Waals surface area contributed by atoms with Crippen molar-refractivity contribution in [3.8, 4) is 0 Å². The average molecular weight is 287 g/mol. The number of rotatable bonds is 9. The van der Waals surface area contributed by atoms with Gasteiger partial charge in [-0.25, -0.2) is 0 Å². The summed E-state index contributed by atoms with van der Waals surface area (Å²) in [5.74, 6) is 0.322. The van der Waals surface area contributed by atoms with E-state index in [-0.39, 0.29) is 11.8 Å². The van der Waals surface area contributed by atoms with Crippen LogP contribution in [0.1, 0.15) is 41.0 Å². The summed E-state index contributed by atoms with van der Waals surface area (Å²) in [6.07, 6.45) is 1.20. The summed E-state index contributed by atoms with van der Waals surface area (Å²) in [4.78, 5) is 18.2. The van der Waals surface area contributed by atoms with Crippen LogP contribution >= 0.6 is 0 Å². The zero-order valence-electron chi connectivity index (χ0n) is 15.1. The predicted molar refractivity (Wildman–Crippen MR) is 89.1 cm³/mol. The number of carbonyl (C=O) groups excluding carboxylic acids is 1. The molecule has 0 aromatic heterocycles. The van der Waals surface area contributed by atoms with Gasteiger partial charge in [0.2, 0.25) is 5.91 Å². The van der Waals surface area contributed by atoms with Crippen LogP contribution < -0.4 is 0 Å². The molecule has 4 nitrogen and oxygen atoms in total. The second-order valence-electron chi connectivity index (χ2n) is 5.52. The van der Waals surface area contributed by atoms with E-state index in [1.54, 1.807) is 0 Å². The molecule has 1 amide bonds. The van der Waals surface area contributed by atoms with Crippen LogP contribution in [0, 0.1) is 5.92 Å². The van der Waals surface area contributed by atoms with Gasteiger partial charge in [-0.05, 0) is 27.1 Å². The third kappa shape index (κ3) is 11.2. The van der Waals surface area contributed by atoms with E-state index in [1.807, 2.05) is 39.6 Å². The highest BCUT2D eigenvalue weighted by atomic mass is 16.2. The van der Waals surface area contributed by atoms with Crippen molar-refractivity contribution in [2.24, 2.45) is 5.92 Å². The number of likely N-dealkylation sites (N-methyl/N-ethyl adjacent to an activating group) is 3. The smallest absolute Gasteiger partial charge is 0.224 e. The fourth-order valence-corrected chi connectivity index (χ4v) is 1.82. The summed E-state index contributed by atoms with van der Waals surface area (Å²) in [5, 5.41) is 0. The Bertz CT molecular complexity index is 232. The van der Waals surface area contributed by atoms with Gasteiger partial charge in [0.1, 0.15) is 0 Å². The summed E-state index contributed by atoms with van der Waals surface area (Å²) < 4.78 is 0. The monoisotopic (exact) mass is 287 g/mol. The lowest BCUT2D eigenvalue weighted by Crippen LogP contribution is -2.39. The first-order chi connectivity index (χ1) is 9.38. The van der Waals surface area contributed by atoms with Gasteiger partial charge in [-0.2, -0.15) is 0 Å². The summed E-state index contributed by atoms with van der Waals surface area (Å²) in [6.45, 7) is 15.1. The number of hydrogen-bond donors (Lipinski definition) is 0. The standard InChI is InChI=1S/C14H31N3O.C2H6/c1-7-8-15(4)9-10-16(5)11-12-17(6)14(18)13(2)3;1-2/h13H,7-12H2,1-6H3;1-2H3. The van der Waals surface area contributed by atoms with E-state index in [4.69, 9.17) is 0 Å². The van der Waals surface area contributed by atoms with E-state index in [1.165, 1.54) is 6.42 Å². The van der Waals surface area contributed by atoms with Gasteiger partial charge >= 0.3 is 0 Å². The first-order valence-corrected chi connectivity index (χ1v) is 8.00. The van der Waals surface area contributed by atoms with E-state index in [0.29, 0.717) is 0 Å². The second-order valence-corrected chi connectivity index (χ2v) is 5.52. The Morgan fingerprint density at radius 2 is 1.25 bits per heavy atom.